The number of aliphatic hydroxyl groups is 1. The number of aromatic nitrogens is 1. The molecule has 0 saturated heterocycles. The zero-order valence-corrected chi connectivity index (χ0v) is 7.03. The fraction of sp³-hybridized carbons (Fsp3) is 0.250. The lowest BCUT2D eigenvalue weighted by molar-refractivity contribution is -0.109. The molecule has 1 unspecified atom stereocenters. The zero-order valence-electron chi connectivity index (χ0n) is 6.27. The van der Waals surface area contributed by atoms with E-state index in [0.29, 0.717) is 17.0 Å². The van der Waals surface area contributed by atoms with Crippen LogP contribution in [-0.2, 0) is 4.79 Å². The van der Waals surface area contributed by atoms with Gasteiger partial charge in [0.25, 0.3) is 0 Å². The quantitative estimate of drug-likeness (QED) is 0.565. The van der Waals surface area contributed by atoms with E-state index in [1.807, 2.05) is 0 Å². The molecule has 1 aromatic rings. The molecule has 64 valence electrons. The minimum absolute atomic E-state index is 0.202. The molecule has 0 aliphatic carbocycles. The Morgan fingerprint density at radius 3 is 2.83 bits per heavy atom. The summed E-state index contributed by atoms with van der Waals surface area (Å²) in [5.74, 6) is -0.491. The van der Waals surface area contributed by atoms with Crippen LogP contribution in [0.25, 0.3) is 0 Å². The third kappa shape index (κ3) is 2.03. The van der Waals surface area contributed by atoms with Crippen LogP contribution < -0.4 is 0 Å². The second-order valence-corrected chi connectivity index (χ2v) is 2.73. The number of nitrogens with zero attached hydrogens (tertiary/aromatic N) is 1. The van der Waals surface area contributed by atoms with Crippen LogP contribution in [0.3, 0.4) is 0 Å². The maximum Gasteiger partial charge on any atom is 0.129 e. The van der Waals surface area contributed by atoms with Gasteiger partial charge < -0.3 is 9.90 Å². The van der Waals surface area contributed by atoms with Crippen molar-refractivity contribution >= 4 is 17.9 Å². The fourth-order valence-corrected chi connectivity index (χ4v) is 0.945. The number of hydrogen-bond acceptors (Lipinski definition) is 3. The molecule has 12 heavy (non-hydrogen) atoms. The molecule has 0 aliphatic rings. The molecule has 3 nitrogen and oxygen atoms in total. The molecule has 0 spiro atoms. The van der Waals surface area contributed by atoms with Gasteiger partial charge >= 0.3 is 0 Å². The van der Waals surface area contributed by atoms with E-state index in [-0.39, 0.29) is 6.61 Å². The van der Waals surface area contributed by atoms with E-state index in [0.717, 1.165) is 0 Å². The number of carbonyl (C=O) groups is 1. The molecule has 1 atom stereocenters. The van der Waals surface area contributed by atoms with Gasteiger partial charge in [-0.2, -0.15) is 0 Å². The van der Waals surface area contributed by atoms with Crippen LogP contribution >= 0.6 is 11.6 Å². The average Bonchev–Trinajstić information content (AvgIpc) is 2.10. The highest BCUT2D eigenvalue weighted by molar-refractivity contribution is 6.29. The summed E-state index contributed by atoms with van der Waals surface area (Å²) >= 11 is 5.54. The summed E-state index contributed by atoms with van der Waals surface area (Å²) in [6.45, 7) is -0.202. The summed E-state index contributed by atoms with van der Waals surface area (Å²) in [4.78, 5) is 14.2. The zero-order chi connectivity index (χ0) is 8.97. The lowest BCUT2D eigenvalue weighted by atomic mass is 10.0. The summed E-state index contributed by atoms with van der Waals surface area (Å²) in [5, 5.41) is 9.13. The van der Waals surface area contributed by atoms with Crippen LogP contribution in [0.1, 0.15) is 11.5 Å². The molecule has 4 heteroatoms. The van der Waals surface area contributed by atoms with Gasteiger partial charge in [-0.05, 0) is 11.6 Å². The summed E-state index contributed by atoms with van der Waals surface area (Å²) in [5.41, 5.74) is 0.678. The maximum absolute atomic E-state index is 10.4. The molecule has 0 saturated carbocycles. The van der Waals surface area contributed by atoms with Crippen molar-refractivity contribution in [3.63, 3.8) is 0 Å². The van der Waals surface area contributed by atoms with Gasteiger partial charge in [-0.15, -0.1) is 0 Å². The minimum atomic E-state index is -0.491. The molecule has 0 aromatic carbocycles. The SMILES string of the molecule is O=CC(CO)c1ccc(Cl)nc1. The number of aliphatic hydroxyl groups excluding tert-OH is 1. The van der Waals surface area contributed by atoms with Crippen LogP contribution in [0.2, 0.25) is 5.15 Å². The number of halogens is 1. The molecule has 1 aromatic heterocycles. The van der Waals surface area contributed by atoms with Crippen LogP contribution in [0.4, 0.5) is 0 Å². The second-order valence-electron chi connectivity index (χ2n) is 2.34. The number of rotatable bonds is 3. The Morgan fingerprint density at radius 2 is 2.42 bits per heavy atom. The first-order valence-corrected chi connectivity index (χ1v) is 3.83. The topological polar surface area (TPSA) is 50.2 Å². The summed E-state index contributed by atoms with van der Waals surface area (Å²) in [6.07, 6.45) is 2.17. The van der Waals surface area contributed by atoms with E-state index >= 15 is 0 Å². The first-order valence-electron chi connectivity index (χ1n) is 3.45. The predicted molar refractivity (Wildman–Crippen MR) is 45.1 cm³/mol. The molecule has 0 amide bonds. The number of aldehydes is 1. The van der Waals surface area contributed by atoms with Crippen LogP contribution in [0.5, 0.6) is 0 Å². The largest absolute Gasteiger partial charge is 0.395 e. The smallest absolute Gasteiger partial charge is 0.129 e. The first kappa shape index (κ1) is 9.16. The number of carbonyl (C=O) groups excluding carboxylic acids is 1. The van der Waals surface area contributed by atoms with Crippen molar-refractivity contribution in [2.24, 2.45) is 0 Å². The molecule has 1 rings (SSSR count). The predicted octanol–water partition coefficient (Wildman–Crippen LogP) is 1.01. The van der Waals surface area contributed by atoms with Gasteiger partial charge in [-0.1, -0.05) is 17.7 Å². The molecular formula is C8H8ClNO2. The number of pyridine rings is 1. The Hall–Kier alpha value is -0.930. The van der Waals surface area contributed by atoms with Crippen molar-refractivity contribution < 1.29 is 9.90 Å². The van der Waals surface area contributed by atoms with E-state index in [1.54, 1.807) is 12.1 Å². The van der Waals surface area contributed by atoms with Gasteiger partial charge in [0, 0.05) is 6.20 Å². The van der Waals surface area contributed by atoms with Gasteiger partial charge in [0.1, 0.15) is 11.4 Å². The normalized spacial score (nSPS) is 12.5. The van der Waals surface area contributed by atoms with Gasteiger partial charge in [-0.25, -0.2) is 4.98 Å². The highest BCUT2D eigenvalue weighted by Gasteiger charge is 2.08. The third-order valence-electron chi connectivity index (χ3n) is 1.54. The Labute approximate surface area is 75.0 Å². The van der Waals surface area contributed by atoms with E-state index < -0.39 is 5.92 Å². The van der Waals surface area contributed by atoms with Gasteiger partial charge in [0.15, 0.2) is 0 Å². The van der Waals surface area contributed by atoms with Gasteiger partial charge in [-0.3, -0.25) is 0 Å². The van der Waals surface area contributed by atoms with Crippen LogP contribution in [0, 0.1) is 0 Å². The molecule has 1 N–H and O–H groups in total. The van der Waals surface area contributed by atoms with E-state index in [4.69, 9.17) is 16.7 Å². The Bertz CT molecular complexity index is 260. The van der Waals surface area contributed by atoms with Crippen molar-refractivity contribution in [2.75, 3.05) is 6.61 Å². The maximum atomic E-state index is 10.4. The van der Waals surface area contributed by atoms with E-state index in [9.17, 15) is 4.79 Å². The minimum Gasteiger partial charge on any atom is -0.395 e. The fourth-order valence-electron chi connectivity index (χ4n) is 0.834. The Balaban J connectivity index is 2.87. The average molecular weight is 186 g/mol. The summed E-state index contributed by atoms with van der Waals surface area (Å²) < 4.78 is 0. The monoisotopic (exact) mass is 185 g/mol. The van der Waals surface area contributed by atoms with Crippen molar-refractivity contribution in [3.8, 4) is 0 Å². The molecular weight excluding hydrogens is 178 g/mol. The van der Waals surface area contributed by atoms with Crippen LogP contribution in [-0.4, -0.2) is 23.0 Å². The Morgan fingerprint density at radius 1 is 1.67 bits per heavy atom. The molecule has 0 radical (unpaired) electrons. The second kappa shape index (κ2) is 4.18. The highest BCUT2D eigenvalue weighted by Crippen LogP contribution is 2.13. The van der Waals surface area contributed by atoms with Crippen molar-refractivity contribution in [3.05, 3.63) is 29.0 Å². The third-order valence-corrected chi connectivity index (χ3v) is 1.76. The van der Waals surface area contributed by atoms with Gasteiger partial charge in [0.2, 0.25) is 0 Å². The van der Waals surface area contributed by atoms with E-state index in [1.165, 1.54) is 6.20 Å². The van der Waals surface area contributed by atoms with E-state index in [2.05, 4.69) is 4.98 Å². The van der Waals surface area contributed by atoms with Crippen molar-refractivity contribution in [1.82, 2.24) is 4.98 Å². The highest BCUT2D eigenvalue weighted by atomic mass is 35.5. The van der Waals surface area contributed by atoms with Crippen molar-refractivity contribution in [2.45, 2.75) is 5.92 Å². The summed E-state index contributed by atoms with van der Waals surface area (Å²) in [7, 11) is 0. The lowest BCUT2D eigenvalue weighted by Crippen LogP contribution is -2.05. The summed E-state index contributed by atoms with van der Waals surface area (Å²) in [6, 6.07) is 3.26. The Kier molecular flexibility index (Phi) is 3.19. The first-order chi connectivity index (χ1) is 5.77. The standard InChI is InChI=1S/C8H8ClNO2/c9-8-2-1-6(3-10-8)7(4-11)5-12/h1-4,7,12H,5H2. The van der Waals surface area contributed by atoms with Crippen LogP contribution in [0.15, 0.2) is 18.3 Å². The molecule has 0 aliphatic heterocycles. The molecule has 0 fully saturated rings. The van der Waals surface area contributed by atoms with Gasteiger partial charge in [0.05, 0.1) is 12.5 Å². The van der Waals surface area contributed by atoms with Crippen molar-refractivity contribution in [1.29, 1.82) is 0 Å². The number of hydrogen-bond donors (Lipinski definition) is 1. The molecule has 1 heterocycles. The molecule has 0 bridgehead atoms. The lowest BCUT2D eigenvalue weighted by Gasteiger charge is -2.04.